The second-order valence-electron chi connectivity index (χ2n) is 8.04. The predicted octanol–water partition coefficient (Wildman–Crippen LogP) is 6.13. The number of carbonyl (C=O) groups is 1. The molecule has 4 aromatic carbocycles. The monoisotopic (exact) mass is 580 g/mol. The number of anilines is 2. The van der Waals surface area contributed by atoms with Crippen LogP contribution in [0.5, 0.6) is 11.5 Å². The van der Waals surface area contributed by atoms with Gasteiger partial charge in [0.15, 0.2) is 0 Å². The van der Waals surface area contributed by atoms with E-state index in [0.717, 1.165) is 6.42 Å². The van der Waals surface area contributed by atoms with Gasteiger partial charge in [-0.2, -0.15) is 0 Å². The van der Waals surface area contributed by atoms with Crippen LogP contribution in [0.4, 0.5) is 11.4 Å². The summed E-state index contributed by atoms with van der Waals surface area (Å²) in [5.74, 6) is 0.940. The highest BCUT2D eigenvalue weighted by molar-refractivity contribution is 9.10. The van der Waals surface area contributed by atoms with Crippen LogP contribution >= 0.6 is 15.9 Å². The van der Waals surface area contributed by atoms with E-state index in [9.17, 15) is 13.2 Å². The Morgan fingerprint density at radius 1 is 0.865 bits per heavy atom. The first-order valence-corrected chi connectivity index (χ1v) is 13.7. The number of hydrogen-bond acceptors (Lipinski definition) is 5. The van der Waals surface area contributed by atoms with Gasteiger partial charge in [0.25, 0.3) is 15.9 Å². The lowest BCUT2D eigenvalue weighted by Gasteiger charge is -2.11. The van der Waals surface area contributed by atoms with Crippen molar-refractivity contribution in [1.82, 2.24) is 0 Å². The molecule has 0 bridgehead atoms. The molecule has 4 aromatic rings. The topological polar surface area (TPSA) is 93.7 Å². The molecule has 4 rings (SSSR count). The van der Waals surface area contributed by atoms with Crippen LogP contribution in [0.25, 0.3) is 0 Å². The van der Waals surface area contributed by atoms with Crippen molar-refractivity contribution in [2.45, 2.75) is 11.3 Å². The summed E-state index contributed by atoms with van der Waals surface area (Å²) in [6, 6.07) is 27.6. The SMILES string of the molecule is COc1ccc(NS(=O)(=O)c2ccc(NC(=O)c3ccc(OCCc4ccccc4)c(Br)c3)cc2)cc1. The first-order chi connectivity index (χ1) is 17.8. The van der Waals surface area contributed by atoms with Crippen molar-refractivity contribution < 1.29 is 22.7 Å². The van der Waals surface area contributed by atoms with Crippen molar-refractivity contribution in [3.05, 3.63) is 113 Å². The van der Waals surface area contributed by atoms with Crippen LogP contribution in [0.15, 0.2) is 106 Å². The average molecular weight is 581 g/mol. The minimum atomic E-state index is -3.79. The Labute approximate surface area is 224 Å². The smallest absolute Gasteiger partial charge is 0.261 e. The molecule has 0 aliphatic rings. The van der Waals surface area contributed by atoms with Crippen LogP contribution < -0.4 is 19.5 Å². The number of nitrogens with one attached hydrogen (secondary N) is 2. The molecule has 0 aromatic heterocycles. The summed E-state index contributed by atoms with van der Waals surface area (Å²) >= 11 is 3.47. The molecule has 0 atom stereocenters. The van der Waals surface area contributed by atoms with E-state index in [4.69, 9.17) is 9.47 Å². The maximum absolute atomic E-state index is 12.7. The maximum Gasteiger partial charge on any atom is 0.261 e. The summed E-state index contributed by atoms with van der Waals surface area (Å²) in [6.45, 7) is 0.511. The zero-order chi connectivity index (χ0) is 26.3. The predicted molar refractivity (Wildman–Crippen MR) is 148 cm³/mol. The Hall–Kier alpha value is -3.82. The Morgan fingerprint density at radius 3 is 2.19 bits per heavy atom. The fourth-order valence-corrected chi connectivity index (χ4v) is 5.03. The van der Waals surface area contributed by atoms with Gasteiger partial charge < -0.3 is 14.8 Å². The molecule has 2 N–H and O–H groups in total. The van der Waals surface area contributed by atoms with Crippen LogP contribution in [-0.4, -0.2) is 28.0 Å². The van der Waals surface area contributed by atoms with Crippen LogP contribution in [-0.2, 0) is 16.4 Å². The Kier molecular flexibility index (Phi) is 8.47. The van der Waals surface area contributed by atoms with E-state index in [-0.39, 0.29) is 10.8 Å². The molecule has 0 saturated carbocycles. The van der Waals surface area contributed by atoms with E-state index in [1.807, 2.05) is 30.3 Å². The van der Waals surface area contributed by atoms with Crippen LogP contribution in [0.1, 0.15) is 15.9 Å². The number of halogens is 1. The molecule has 0 spiro atoms. The molecule has 0 unspecified atom stereocenters. The summed E-state index contributed by atoms with van der Waals surface area (Å²) in [7, 11) is -2.25. The molecule has 7 nitrogen and oxygen atoms in total. The van der Waals surface area contributed by atoms with Crippen molar-refractivity contribution in [2.75, 3.05) is 23.8 Å². The van der Waals surface area contributed by atoms with Gasteiger partial charge in [-0.05, 0) is 88.2 Å². The van der Waals surface area contributed by atoms with Gasteiger partial charge in [-0.1, -0.05) is 30.3 Å². The molecule has 190 valence electrons. The van der Waals surface area contributed by atoms with E-state index in [1.54, 1.807) is 42.5 Å². The van der Waals surface area contributed by atoms with Crippen molar-refractivity contribution in [3.63, 3.8) is 0 Å². The Morgan fingerprint density at radius 2 is 1.54 bits per heavy atom. The van der Waals surface area contributed by atoms with Crippen LogP contribution in [0, 0.1) is 0 Å². The normalized spacial score (nSPS) is 11.0. The molecule has 1 amide bonds. The highest BCUT2D eigenvalue weighted by Gasteiger charge is 2.15. The summed E-state index contributed by atoms with van der Waals surface area (Å²) in [5.41, 5.74) is 2.49. The minimum absolute atomic E-state index is 0.0704. The zero-order valence-electron chi connectivity index (χ0n) is 20.0. The molecule has 0 saturated heterocycles. The van der Waals surface area contributed by atoms with E-state index in [1.165, 1.54) is 36.9 Å². The number of rotatable bonds is 10. The minimum Gasteiger partial charge on any atom is -0.497 e. The number of benzene rings is 4. The lowest BCUT2D eigenvalue weighted by atomic mass is 10.1. The largest absolute Gasteiger partial charge is 0.497 e. The fraction of sp³-hybridized carbons (Fsp3) is 0.107. The highest BCUT2D eigenvalue weighted by Crippen LogP contribution is 2.27. The molecule has 37 heavy (non-hydrogen) atoms. The zero-order valence-corrected chi connectivity index (χ0v) is 22.4. The van der Waals surface area contributed by atoms with Gasteiger partial charge in [-0.3, -0.25) is 9.52 Å². The highest BCUT2D eigenvalue weighted by atomic mass is 79.9. The summed E-state index contributed by atoms with van der Waals surface area (Å²) in [4.78, 5) is 12.8. The van der Waals surface area contributed by atoms with Crippen molar-refractivity contribution in [1.29, 1.82) is 0 Å². The lowest BCUT2D eigenvalue weighted by Crippen LogP contribution is -2.14. The van der Waals surface area contributed by atoms with E-state index >= 15 is 0 Å². The summed E-state index contributed by atoms with van der Waals surface area (Å²) < 4.78 is 39.5. The molecule has 9 heteroatoms. The third kappa shape index (κ3) is 7.12. The van der Waals surface area contributed by atoms with Crippen molar-refractivity contribution in [3.8, 4) is 11.5 Å². The lowest BCUT2D eigenvalue weighted by molar-refractivity contribution is 0.102. The van der Waals surface area contributed by atoms with Crippen molar-refractivity contribution >= 4 is 43.2 Å². The molecule has 0 aliphatic heterocycles. The van der Waals surface area contributed by atoms with Gasteiger partial charge in [0.1, 0.15) is 11.5 Å². The van der Waals surface area contributed by atoms with Crippen molar-refractivity contribution in [2.24, 2.45) is 0 Å². The Balaban J connectivity index is 1.34. The number of sulfonamides is 1. The second kappa shape index (κ2) is 11.9. The standard InChI is InChI=1S/C28H25BrN2O5S/c1-35-24-12-8-23(9-13-24)31-37(33,34)25-14-10-22(11-15-25)30-28(32)21-7-16-27(26(29)19-21)36-18-17-20-5-3-2-4-6-20/h2-16,19,31H,17-18H2,1H3,(H,30,32). The van der Waals surface area contributed by atoms with Gasteiger partial charge >= 0.3 is 0 Å². The molecule has 0 heterocycles. The average Bonchev–Trinajstić information content (AvgIpc) is 2.90. The Bertz CT molecular complexity index is 1460. The number of amides is 1. The van der Waals surface area contributed by atoms with Crippen LogP contribution in [0.2, 0.25) is 0 Å². The first-order valence-electron chi connectivity index (χ1n) is 11.4. The fourth-order valence-electron chi connectivity index (χ4n) is 3.48. The number of carbonyl (C=O) groups excluding carboxylic acids is 1. The number of methoxy groups -OCH3 is 1. The molecular formula is C28H25BrN2O5S. The third-order valence-corrected chi connectivity index (χ3v) is 7.47. The van der Waals surface area contributed by atoms with Gasteiger partial charge in [0, 0.05) is 23.4 Å². The molecule has 0 radical (unpaired) electrons. The van der Waals surface area contributed by atoms with E-state index in [0.29, 0.717) is 39.5 Å². The second-order valence-corrected chi connectivity index (χ2v) is 10.6. The summed E-state index contributed by atoms with van der Waals surface area (Å²) in [5, 5.41) is 2.78. The summed E-state index contributed by atoms with van der Waals surface area (Å²) in [6.07, 6.45) is 0.775. The quantitative estimate of drug-likeness (QED) is 0.235. The van der Waals surface area contributed by atoms with Gasteiger partial charge in [0.2, 0.25) is 0 Å². The molecular weight excluding hydrogens is 556 g/mol. The molecule has 0 fully saturated rings. The van der Waals surface area contributed by atoms with Gasteiger partial charge in [0.05, 0.1) is 23.1 Å². The van der Waals surface area contributed by atoms with E-state index < -0.39 is 10.0 Å². The first kappa shape index (κ1) is 26.2. The number of ether oxygens (including phenoxy) is 2. The van der Waals surface area contributed by atoms with Gasteiger partial charge in [-0.15, -0.1) is 0 Å². The maximum atomic E-state index is 12.7. The molecule has 0 aliphatic carbocycles. The van der Waals surface area contributed by atoms with Gasteiger partial charge in [-0.25, -0.2) is 8.42 Å². The van der Waals surface area contributed by atoms with E-state index in [2.05, 4.69) is 26.0 Å². The van der Waals surface area contributed by atoms with Crippen LogP contribution in [0.3, 0.4) is 0 Å². The third-order valence-electron chi connectivity index (χ3n) is 5.45. The number of hydrogen-bond donors (Lipinski definition) is 2.